The van der Waals surface area contributed by atoms with Crippen LogP contribution in [0.15, 0.2) is 42.0 Å². The van der Waals surface area contributed by atoms with Crippen LogP contribution in [0.3, 0.4) is 0 Å². The minimum atomic E-state index is -1.13. The summed E-state index contributed by atoms with van der Waals surface area (Å²) < 4.78 is 17.0. The van der Waals surface area contributed by atoms with Crippen molar-refractivity contribution in [3.8, 4) is 0 Å². The second kappa shape index (κ2) is 21.7. The molecule has 0 aromatic heterocycles. The number of benzene rings is 1. The van der Waals surface area contributed by atoms with Crippen LogP contribution in [-0.2, 0) is 35.0 Å². The van der Waals surface area contributed by atoms with Gasteiger partial charge in [0.2, 0.25) is 11.8 Å². The third kappa shape index (κ3) is 12.3. The van der Waals surface area contributed by atoms with Crippen LogP contribution in [0, 0.1) is 46.3 Å². The molecule has 0 bridgehead atoms. The lowest BCUT2D eigenvalue weighted by molar-refractivity contribution is -0.141. The maximum absolute atomic E-state index is 12.7. The van der Waals surface area contributed by atoms with E-state index < -0.39 is 24.0 Å². The molecular formula is C47H73N3O8. The highest BCUT2D eigenvalue weighted by Gasteiger charge is 2.59. The van der Waals surface area contributed by atoms with E-state index in [2.05, 4.69) is 56.6 Å². The molecule has 3 saturated carbocycles. The Morgan fingerprint density at radius 2 is 1.53 bits per heavy atom. The van der Waals surface area contributed by atoms with Crippen molar-refractivity contribution in [2.24, 2.45) is 46.3 Å². The number of amides is 3. The van der Waals surface area contributed by atoms with Crippen molar-refractivity contribution >= 4 is 23.9 Å². The molecule has 3 amide bonds. The van der Waals surface area contributed by atoms with Gasteiger partial charge in [-0.05, 0) is 96.8 Å². The number of ether oxygens (including phenoxy) is 3. The van der Waals surface area contributed by atoms with E-state index in [4.69, 9.17) is 14.2 Å². The number of aliphatic carboxylic acids is 1. The Hall–Kier alpha value is -3.44. The first-order valence-electron chi connectivity index (χ1n) is 22.4. The van der Waals surface area contributed by atoms with Gasteiger partial charge in [-0.3, -0.25) is 9.59 Å². The number of rotatable bonds is 22. The van der Waals surface area contributed by atoms with E-state index in [9.17, 15) is 24.3 Å². The van der Waals surface area contributed by atoms with Gasteiger partial charge >= 0.3 is 12.1 Å². The Morgan fingerprint density at radius 3 is 2.24 bits per heavy atom. The molecule has 9 atom stereocenters. The largest absolute Gasteiger partial charge is 0.480 e. The zero-order valence-electron chi connectivity index (χ0n) is 36.0. The predicted molar refractivity (Wildman–Crippen MR) is 225 cm³/mol. The van der Waals surface area contributed by atoms with Crippen molar-refractivity contribution in [2.75, 3.05) is 39.5 Å². The summed E-state index contributed by atoms with van der Waals surface area (Å²) in [7, 11) is 0. The van der Waals surface area contributed by atoms with Crippen molar-refractivity contribution in [1.82, 2.24) is 16.0 Å². The van der Waals surface area contributed by atoms with Gasteiger partial charge in [0.05, 0.1) is 26.4 Å². The molecule has 324 valence electrons. The van der Waals surface area contributed by atoms with Gasteiger partial charge in [0, 0.05) is 38.8 Å². The molecule has 4 aliphatic carbocycles. The molecule has 3 fully saturated rings. The number of allylic oxidation sites excluding steroid dienone is 1. The average molecular weight is 808 g/mol. The summed E-state index contributed by atoms with van der Waals surface area (Å²) in [4.78, 5) is 48.7. The maximum Gasteiger partial charge on any atom is 0.407 e. The second-order valence-electron chi connectivity index (χ2n) is 18.7. The molecule has 4 N–H and O–H groups in total. The molecule has 0 spiro atoms. The van der Waals surface area contributed by atoms with E-state index in [0.29, 0.717) is 31.8 Å². The van der Waals surface area contributed by atoms with Crippen molar-refractivity contribution in [3.63, 3.8) is 0 Å². The molecule has 0 saturated heterocycles. The van der Waals surface area contributed by atoms with E-state index in [1.165, 1.54) is 56.9 Å². The van der Waals surface area contributed by atoms with Crippen LogP contribution in [0.5, 0.6) is 0 Å². The quantitative estimate of drug-likeness (QED) is 0.0683. The molecule has 4 aliphatic rings. The summed E-state index contributed by atoms with van der Waals surface area (Å²) in [6.07, 6.45) is 15.7. The fourth-order valence-corrected chi connectivity index (χ4v) is 11.4. The third-order valence-electron chi connectivity index (χ3n) is 14.5. The van der Waals surface area contributed by atoms with Crippen LogP contribution in [0.25, 0.3) is 0 Å². The minimum absolute atomic E-state index is 0.0559. The third-order valence-corrected chi connectivity index (χ3v) is 14.5. The predicted octanol–water partition coefficient (Wildman–Crippen LogP) is 7.86. The van der Waals surface area contributed by atoms with Crippen molar-refractivity contribution in [1.29, 1.82) is 0 Å². The Bertz CT molecular complexity index is 1530. The molecule has 1 aromatic carbocycles. The lowest BCUT2D eigenvalue weighted by atomic mass is 9.47. The van der Waals surface area contributed by atoms with Crippen LogP contribution in [0.4, 0.5) is 4.79 Å². The normalized spacial score (nSPS) is 28.6. The van der Waals surface area contributed by atoms with Crippen LogP contribution in [0.1, 0.15) is 124 Å². The first kappa shape index (κ1) is 45.6. The molecule has 1 unspecified atom stereocenters. The molecule has 1 aromatic rings. The molecule has 5 rings (SSSR count). The number of carboxylic acid groups (broad SMARTS) is 1. The molecule has 11 nitrogen and oxygen atoms in total. The highest BCUT2D eigenvalue weighted by Crippen LogP contribution is 2.67. The van der Waals surface area contributed by atoms with Gasteiger partial charge in [-0.15, -0.1) is 0 Å². The Balaban J connectivity index is 0.897. The first-order valence-corrected chi connectivity index (χ1v) is 22.4. The number of carbonyl (C=O) groups excluding carboxylic acids is 3. The summed E-state index contributed by atoms with van der Waals surface area (Å²) in [5.74, 6) is 2.93. The minimum Gasteiger partial charge on any atom is -0.480 e. The van der Waals surface area contributed by atoms with Crippen molar-refractivity contribution < 1.29 is 38.5 Å². The van der Waals surface area contributed by atoms with E-state index in [1.54, 1.807) is 12.1 Å². The SMILES string of the molecule is CC(C)CCC[C@@H](C)[C@H]1CC[C@H]2[C@@H]3CC=C4CC(OC(=O)NCCOCCOCCNC(=O)CCC(=O)N[C@@H](Cc5ccccc5)C(=O)O)CC[C@]4(C)[C@H]3CC[C@]12C. The van der Waals surface area contributed by atoms with E-state index in [1.807, 2.05) is 18.2 Å². The van der Waals surface area contributed by atoms with Crippen LogP contribution in [-0.4, -0.2) is 80.6 Å². The Labute approximate surface area is 347 Å². The molecule has 11 heteroatoms. The Kier molecular flexibility index (Phi) is 17.1. The van der Waals surface area contributed by atoms with Gasteiger partial charge < -0.3 is 35.3 Å². The van der Waals surface area contributed by atoms with E-state index in [0.717, 1.165) is 60.3 Å². The topological polar surface area (TPSA) is 152 Å². The van der Waals surface area contributed by atoms with Gasteiger partial charge in [0.1, 0.15) is 12.1 Å². The summed E-state index contributed by atoms with van der Waals surface area (Å²) in [6, 6.07) is 7.99. The number of carbonyl (C=O) groups is 4. The molecule has 0 aliphatic heterocycles. The lowest BCUT2D eigenvalue weighted by Gasteiger charge is -2.58. The second-order valence-corrected chi connectivity index (χ2v) is 18.7. The average Bonchev–Trinajstić information content (AvgIpc) is 3.55. The zero-order valence-corrected chi connectivity index (χ0v) is 36.0. The highest BCUT2D eigenvalue weighted by atomic mass is 16.6. The number of hydrogen-bond donors (Lipinski definition) is 4. The summed E-state index contributed by atoms with van der Waals surface area (Å²) >= 11 is 0. The molecule has 0 radical (unpaired) electrons. The zero-order chi connectivity index (χ0) is 41.7. The Morgan fingerprint density at radius 1 is 0.828 bits per heavy atom. The van der Waals surface area contributed by atoms with Crippen LogP contribution >= 0.6 is 0 Å². The standard InChI is InChI=1S/C47H73N3O8/c1-32(2)10-9-11-33(3)38-16-17-39-37-15-14-35-31-36(20-22-46(35,4)40(37)21-23-47(38,39)5)58-45(55)49-25-27-57-29-28-56-26-24-48-42(51)18-19-43(52)50-41(44(53)54)30-34-12-7-6-8-13-34/h6-8,12-14,32-33,36-41H,9-11,15-31H2,1-5H3,(H,48,51)(H,49,55)(H,50,52)(H,53,54)/t33-,36?,37+,38-,39+,40+,41+,46+,47-/m1/s1. The van der Waals surface area contributed by atoms with E-state index in [-0.39, 0.29) is 49.8 Å². The molecule has 58 heavy (non-hydrogen) atoms. The van der Waals surface area contributed by atoms with Gasteiger partial charge in [-0.25, -0.2) is 9.59 Å². The number of fused-ring (bicyclic) bond motifs is 5. The molecular weight excluding hydrogens is 735 g/mol. The fraction of sp³-hybridized carbons (Fsp3) is 0.745. The van der Waals surface area contributed by atoms with Crippen LogP contribution in [0.2, 0.25) is 0 Å². The van der Waals surface area contributed by atoms with Gasteiger partial charge in [-0.2, -0.15) is 0 Å². The monoisotopic (exact) mass is 808 g/mol. The van der Waals surface area contributed by atoms with Gasteiger partial charge in [0.15, 0.2) is 0 Å². The van der Waals surface area contributed by atoms with Gasteiger partial charge in [0.25, 0.3) is 0 Å². The maximum atomic E-state index is 12.7. The summed E-state index contributed by atoms with van der Waals surface area (Å²) in [6.45, 7) is 14.3. The summed E-state index contributed by atoms with van der Waals surface area (Å²) in [5, 5.41) is 17.5. The van der Waals surface area contributed by atoms with Crippen molar-refractivity contribution in [2.45, 2.75) is 137 Å². The molecule has 0 heterocycles. The first-order chi connectivity index (χ1) is 27.8. The lowest BCUT2D eigenvalue weighted by Crippen LogP contribution is -2.51. The van der Waals surface area contributed by atoms with Gasteiger partial charge in [-0.1, -0.05) is 95.9 Å². The van der Waals surface area contributed by atoms with Crippen LogP contribution < -0.4 is 16.0 Å². The smallest absolute Gasteiger partial charge is 0.407 e. The number of nitrogens with one attached hydrogen (secondary N) is 3. The number of carboxylic acids is 1. The van der Waals surface area contributed by atoms with Crippen molar-refractivity contribution in [3.05, 3.63) is 47.5 Å². The van der Waals surface area contributed by atoms with E-state index >= 15 is 0 Å². The number of alkyl carbamates (subject to hydrolysis) is 1. The highest BCUT2D eigenvalue weighted by molar-refractivity contribution is 5.87. The number of hydrogen-bond acceptors (Lipinski definition) is 7. The fourth-order valence-electron chi connectivity index (χ4n) is 11.4. The summed E-state index contributed by atoms with van der Waals surface area (Å²) in [5.41, 5.74) is 3.03.